The highest BCUT2D eigenvalue weighted by atomic mass is 32.2. The highest BCUT2D eigenvalue weighted by Crippen LogP contribution is 2.19. The Labute approximate surface area is 143 Å². The average molecular weight is 359 g/mol. The van der Waals surface area contributed by atoms with E-state index < -0.39 is 0 Å². The van der Waals surface area contributed by atoms with Crippen LogP contribution in [0.1, 0.15) is 38.5 Å². The van der Waals surface area contributed by atoms with E-state index in [9.17, 15) is 19.2 Å². The van der Waals surface area contributed by atoms with E-state index in [0.29, 0.717) is 37.7 Å². The van der Waals surface area contributed by atoms with Gasteiger partial charge < -0.3 is 10.6 Å². The predicted molar refractivity (Wildman–Crippen MR) is 90.6 cm³/mol. The van der Waals surface area contributed by atoms with Gasteiger partial charge >= 0.3 is 0 Å². The van der Waals surface area contributed by atoms with Crippen LogP contribution >= 0.6 is 23.5 Å². The van der Waals surface area contributed by atoms with Crippen LogP contribution in [-0.4, -0.2) is 51.4 Å². The van der Waals surface area contributed by atoms with Crippen molar-refractivity contribution in [1.82, 2.24) is 15.5 Å². The van der Waals surface area contributed by atoms with Gasteiger partial charge in [0.25, 0.3) is 15.7 Å². The Hall–Kier alpha value is -1.22. The Balaban J connectivity index is 1.51. The van der Waals surface area contributed by atoms with Crippen LogP contribution in [0.3, 0.4) is 0 Å². The van der Waals surface area contributed by atoms with Crippen molar-refractivity contribution in [1.29, 1.82) is 0 Å². The van der Waals surface area contributed by atoms with Crippen LogP contribution in [-0.2, 0) is 4.79 Å². The number of rotatable bonds is 6. The lowest BCUT2D eigenvalue weighted by atomic mass is 10.3. The smallest absolute Gasteiger partial charge is 0.288 e. The summed E-state index contributed by atoms with van der Waals surface area (Å²) >= 11 is 1.67. The van der Waals surface area contributed by atoms with Crippen LogP contribution in [0.5, 0.6) is 0 Å². The lowest BCUT2D eigenvalue weighted by Gasteiger charge is -2.12. The molecular weight excluding hydrogens is 338 g/mol. The molecule has 1 aliphatic carbocycles. The number of thioether (sulfide) groups is 2. The molecular formula is C14H21N3O4S2. The standard InChI is InChI=1S/C14H21N3O4S2/c18-11-9-22-14(21)17(11)8-4-3-7-15-12(19)23-13(20)16-10-5-1-2-6-10/h10H,1-9H2,(H,15,19)(H,16,20). The van der Waals surface area contributed by atoms with Crippen LogP contribution in [0, 0.1) is 0 Å². The zero-order valence-corrected chi connectivity index (χ0v) is 14.5. The molecule has 2 aliphatic rings. The highest BCUT2D eigenvalue weighted by molar-refractivity contribution is 8.26. The monoisotopic (exact) mass is 359 g/mol. The fraction of sp³-hybridized carbons (Fsp3) is 0.714. The third-order valence-corrected chi connectivity index (χ3v) is 5.27. The van der Waals surface area contributed by atoms with Gasteiger partial charge in [0.05, 0.1) is 5.75 Å². The van der Waals surface area contributed by atoms with Crippen molar-refractivity contribution in [3.05, 3.63) is 0 Å². The number of imide groups is 1. The van der Waals surface area contributed by atoms with Gasteiger partial charge in [-0.05, 0) is 25.7 Å². The number of hydrogen-bond acceptors (Lipinski definition) is 6. The van der Waals surface area contributed by atoms with Gasteiger partial charge in [0.15, 0.2) is 0 Å². The van der Waals surface area contributed by atoms with Crippen LogP contribution in [0.15, 0.2) is 0 Å². The summed E-state index contributed by atoms with van der Waals surface area (Å²) in [6.07, 6.45) is 5.51. The molecule has 0 radical (unpaired) electrons. The summed E-state index contributed by atoms with van der Waals surface area (Å²) in [7, 11) is 0. The molecule has 9 heteroatoms. The van der Waals surface area contributed by atoms with Gasteiger partial charge in [0, 0.05) is 30.9 Å². The second kappa shape index (κ2) is 9.17. The fourth-order valence-corrected chi connectivity index (χ4v) is 3.89. The van der Waals surface area contributed by atoms with Gasteiger partial charge in [-0.1, -0.05) is 24.6 Å². The van der Waals surface area contributed by atoms with Crippen molar-refractivity contribution < 1.29 is 19.2 Å². The lowest BCUT2D eigenvalue weighted by molar-refractivity contribution is -0.124. The van der Waals surface area contributed by atoms with Gasteiger partial charge in [-0.2, -0.15) is 0 Å². The average Bonchev–Trinajstić information content (AvgIpc) is 3.10. The fourth-order valence-electron chi connectivity index (χ4n) is 2.57. The van der Waals surface area contributed by atoms with Crippen molar-refractivity contribution in [2.45, 2.75) is 44.6 Å². The molecule has 1 aliphatic heterocycles. The number of carbonyl (C=O) groups is 4. The van der Waals surface area contributed by atoms with Crippen LogP contribution in [0.4, 0.5) is 14.4 Å². The van der Waals surface area contributed by atoms with Crippen molar-refractivity contribution in [2.75, 3.05) is 18.8 Å². The van der Waals surface area contributed by atoms with E-state index in [1.165, 1.54) is 4.90 Å². The van der Waals surface area contributed by atoms with E-state index in [-0.39, 0.29) is 33.4 Å². The molecule has 0 aromatic heterocycles. The molecule has 0 aromatic rings. The van der Waals surface area contributed by atoms with E-state index in [2.05, 4.69) is 10.6 Å². The summed E-state index contributed by atoms with van der Waals surface area (Å²) in [5, 5.41) is 4.62. The first-order valence-electron chi connectivity index (χ1n) is 7.79. The second-order valence-electron chi connectivity index (χ2n) is 5.54. The molecule has 0 spiro atoms. The minimum atomic E-state index is -0.371. The second-order valence-corrected chi connectivity index (χ2v) is 7.41. The zero-order valence-electron chi connectivity index (χ0n) is 12.8. The zero-order chi connectivity index (χ0) is 16.7. The summed E-state index contributed by atoms with van der Waals surface area (Å²) < 4.78 is 0. The molecule has 2 rings (SSSR count). The number of amides is 4. The van der Waals surface area contributed by atoms with E-state index >= 15 is 0 Å². The molecule has 4 amide bonds. The number of unbranched alkanes of at least 4 members (excludes halogenated alkanes) is 1. The number of nitrogens with zero attached hydrogens (tertiary/aromatic N) is 1. The summed E-state index contributed by atoms with van der Waals surface area (Å²) in [5.74, 6) is 0.0747. The molecule has 23 heavy (non-hydrogen) atoms. The molecule has 1 saturated heterocycles. The quantitative estimate of drug-likeness (QED) is 0.708. The molecule has 2 N–H and O–H groups in total. The summed E-state index contributed by atoms with van der Waals surface area (Å²) in [6, 6.07) is 0.205. The van der Waals surface area contributed by atoms with Gasteiger partial charge in [-0.25, -0.2) is 0 Å². The normalized spacial score (nSPS) is 18.5. The van der Waals surface area contributed by atoms with Crippen molar-refractivity contribution >= 4 is 45.1 Å². The number of nitrogens with one attached hydrogen (secondary N) is 2. The van der Waals surface area contributed by atoms with E-state index in [1.807, 2.05) is 0 Å². The summed E-state index contributed by atoms with van der Waals surface area (Å²) in [5.41, 5.74) is 0. The third-order valence-electron chi connectivity index (χ3n) is 3.78. The molecule has 1 saturated carbocycles. The maximum atomic E-state index is 11.7. The van der Waals surface area contributed by atoms with Gasteiger partial charge in [-0.3, -0.25) is 24.1 Å². The van der Waals surface area contributed by atoms with E-state index in [0.717, 1.165) is 37.4 Å². The molecule has 2 fully saturated rings. The van der Waals surface area contributed by atoms with Crippen LogP contribution < -0.4 is 10.6 Å². The number of carbonyl (C=O) groups excluding carboxylic acids is 4. The van der Waals surface area contributed by atoms with Gasteiger partial charge in [0.2, 0.25) is 5.91 Å². The lowest BCUT2D eigenvalue weighted by Crippen LogP contribution is -2.32. The van der Waals surface area contributed by atoms with Crippen molar-refractivity contribution in [3.63, 3.8) is 0 Å². The molecule has 0 atom stereocenters. The molecule has 0 unspecified atom stereocenters. The largest absolute Gasteiger partial charge is 0.347 e. The third kappa shape index (κ3) is 6.06. The highest BCUT2D eigenvalue weighted by Gasteiger charge is 2.28. The Kier molecular flexibility index (Phi) is 7.22. The molecule has 0 bridgehead atoms. The summed E-state index contributed by atoms with van der Waals surface area (Å²) in [6.45, 7) is 0.807. The minimum Gasteiger partial charge on any atom is -0.347 e. The van der Waals surface area contributed by atoms with Gasteiger partial charge in [0.1, 0.15) is 0 Å². The SMILES string of the molecule is O=C(NCCCCN1C(=O)CSC1=O)SC(=O)NC1CCCC1. The Morgan fingerprint density at radius 3 is 2.57 bits per heavy atom. The van der Waals surface area contributed by atoms with Crippen LogP contribution in [0.2, 0.25) is 0 Å². The first kappa shape index (κ1) is 18.1. The maximum Gasteiger partial charge on any atom is 0.288 e. The molecule has 0 aromatic carbocycles. The van der Waals surface area contributed by atoms with Gasteiger partial charge in [-0.15, -0.1) is 0 Å². The first-order chi connectivity index (χ1) is 11.1. The predicted octanol–water partition coefficient (Wildman–Crippen LogP) is 2.56. The molecule has 1 heterocycles. The van der Waals surface area contributed by atoms with E-state index in [4.69, 9.17) is 0 Å². The first-order valence-corrected chi connectivity index (χ1v) is 9.60. The maximum absolute atomic E-state index is 11.7. The summed E-state index contributed by atoms with van der Waals surface area (Å²) in [4.78, 5) is 47.3. The Morgan fingerprint density at radius 1 is 1.17 bits per heavy atom. The Bertz CT molecular complexity index is 465. The number of hydrogen-bond donors (Lipinski definition) is 2. The molecule has 7 nitrogen and oxygen atoms in total. The van der Waals surface area contributed by atoms with Crippen molar-refractivity contribution in [3.8, 4) is 0 Å². The van der Waals surface area contributed by atoms with Crippen molar-refractivity contribution in [2.24, 2.45) is 0 Å². The molecule has 128 valence electrons. The Morgan fingerprint density at radius 2 is 1.91 bits per heavy atom. The topological polar surface area (TPSA) is 95.6 Å². The minimum absolute atomic E-state index is 0.150. The van der Waals surface area contributed by atoms with Crippen LogP contribution in [0.25, 0.3) is 0 Å². The van der Waals surface area contributed by atoms with E-state index in [1.54, 1.807) is 0 Å².